The van der Waals surface area contributed by atoms with Crippen molar-refractivity contribution in [3.8, 4) is 5.88 Å². The van der Waals surface area contributed by atoms with Crippen LogP contribution in [0.3, 0.4) is 0 Å². The van der Waals surface area contributed by atoms with E-state index in [-0.39, 0.29) is 18.2 Å². The molecule has 34 heavy (non-hydrogen) atoms. The molecule has 1 aliphatic heterocycles. The van der Waals surface area contributed by atoms with Crippen molar-refractivity contribution in [3.05, 3.63) is 65.7 Å². The molecule has 0 atom stereocenters. The zero-order valence-electron chi connectivity index (χ0n) is 18.7. The van der Waals surface area contributed by atoms with Crippen LogP contribution in [0.15, 0.2) is 48.8 Å². The number of hydrogen-bond donors (Lipinski definition) is 1. The third-order valence-electron chi connectivity index (χ3n) is 5.45. The van der Waals surface area contributed by atoms with E-state index in [4.69, 9.17) is 4.74 Å². The molecule has 1 aliphatic rings. The van der Waals surface area contributed by atoms with Gasteiger partial charge in [0.25, 0.3) is 6.43 Å². The zero-order chi connectivity index (χ0) is 23.9. The lowest BCUT2D eigenvalue weighted by Crippen LogP contribution is -2.48. The van der Waals surface area contributed by atoms with E-state index in [1.807, 2.05) is 23.2 Å². The fourth-order valence-electron chi connectivity index (χ4n) is 3.47. The summed E-state index contributed by atoms with van der Waals surface area (Å²) in [5, 5.41) is 11.3. The van der Waals surface area contributed by atoms with Crippen molar-refractivity contribution in [3.63, 3.8) is 0 Å². The Balaban J connectivity index is 1.23. The van der Waals surface area contributed by atoms with Crippen LogP contribution in [0, 0.1) is 0 Å². The molecule has 0 radical (unpaired) electrons. The number of piperazine rings is 1. The summed E-state index contributed by atoms with van der Waals surface area (Å²) in [6.45, 7) is 5.26. The standard InChI is InChI=1S/C23H25F2N7O2/c1-16(33)31-8-10-32(11-9-31)19-4-3-18(26-14-19)13-28-21-6-7-22(30-29-21)34-15-17-2-5-20(23(24)25)27-12-17/h2-7,12,14,23H,8-11,13,15H2,1H3,(H,28,29). The molecule has 178 valence electrons. The van der Waals surface area contributed by atoms with Crippen molar-refractivity contribution >= 4 is 17.4 Å². The number of amides is 1. The fourth-order valence-corrected chi connectivity index (χ4v) is 3.47. The first kappa shape index (κ1) is 23.3. The number of nitrogens with one attached hydrogen (secondary N) is 1. The van der Waals surface area contributed by atoms with Crippen LogP contribution >= 0.6 is 0 Å². The molecule has 4 heterocycles. The van der Waals surface area contributed by atoms with Gasteiger partial charge in [-0.2, -0.15) is 0 Å². The van der Waals surface area contributed by atoms with Crippen LogP contribution in [0.4, 0.5) is 20.3 Å². The number of alkyl halides is 2. The van der Waals surface area contributed by atoms with E-state index in [1.165, 1.54) is 12.3 Å². The van der Waals surface area contributed by atoms with Crippen molar-refractivity contribution < 1.29 is 18.3 Å². The van der Waals surface area contributed by atoms with Gasteiger partial charge in [0.2, 0.25) is 11.8 Å². The highest BCUT2D eigenvalue weighted by atomic mass is 19.3. The third kappa shape index (κ3) is 6.12. The number of hydrogen-bond acceptors (Lipinski definition) is 8. The van der Waals surface area contributed by atoms with Gasteiger partial charge in [-0.15, -0.1) is 10.2 Å². The van der Waals surface area contributed by atoms with Gasteiger partial charge in [0.15, 0.2) is 0 Å². The molecule has 1 amide bonds. The Morgan fingerprint density at radius 1 is 1.03 bits per heavy atom. The molecule has 0 aromatic carbocycles. The van der Waals surface area contributed by atoms with Crippen LogP contribution in [-0.2, 0) is 17.9 Å². The van der Waals surface area contributed by atoms with E-state index in [9.17, 15) is 13.6 Å². The molecular formula is C23H25F2N7O2. The summed E-state index contributed by atoms with van der Waals surface area (Å²) in [4.78, 5) is 23.7. The number of halogens is 2. The van der Waals surface area contributed by atoms with Gasteiger partial charge in [-0.1, -0.05) is 6.07 Å². The highest BCUT2D eigenvalue weighted by molar-refractivity contribution is 5.73. The number of carbonyl (C=O) groups is 1. The van der Waals surface area contributed by atoms with E-state index in [1.54, 1.807) is 25.1 Å². The first-order valence-electron chi connectivity index (χ1n) is 10.9. The van der Waals surface area contributed by atoms with Crippen LogP contribution in [-0.4, -0.2) is 57.2 Å². The van der Waals surface area contributed by atoms with E-state index >= 15 is 0 Å². The second-order valence-corrected chi connectivity index (χ2v) is 7.79. The molecule has 0 spiro atoms. The van der Waals surface area contributed by atoms with Crippen molar-refractivity contribution in [2.75, 3.05) is 36.4 Å². The van der Waals surface area contributed by atoms with Gasteiger partial charge >= 0.3 is 0 Å². The molecule has 9 nitrogen and oxygen atoms in total. The number of pyridine rings is 2. The molecule has 1 fully saturated rings. The van der Waals surface area contributed by atoms with Crippen molar-refractivity contribution in [2.45, 2.75) is 26.5 Å². The molecule has 0 aliphatic carbocycles. The number of carbonyl (C=O) groups excluding carboxylic acids is 1. The lowest BCUT2D eigenvalue weighted by atomic mass is 10.2. The number of ether oxygens (including phenoxy) is 1. The molecule has 3 aromatic rings. The molecule has 4 rings (SSSR count). The second kappa shape index (κ2) is 10.8. The minimum absolute atomic E-state index is 0.112. The molecule has 1 N–H and O–H groups in total. The van der Waals surface area contributed by atoms with E-state index < -0.39 is 6.43 Å². The monoisotopic (exact) mass is 469 g/mol. The first-order chi connectivity index (χ1) is 16.5. The summed E-state index contributed by atoms with van der Waals surface area (Å²) in [6, 6.07) is 10.2. The van der Waals surface area contributed by atoms with E-state index in [2.05, 4.69) is 30.4 Å². The Labute approximate surface area is 195 Å². The summed E-state index contributed by atoms with van der Waals surface area (Å²) in [5.41, 5.74) is 2.28. The predicted molar refractivity (Wildman–Crippen MR) is 122 cm³/mol. The highest BCUT2D eigenvalue weighted by Crippen LogP contribution is 2.18. The Morgan fingerprint density at radius 2 is 1.85 bits per heavy atom. The average molecular weight is 469 g/mol. The minimum atomic E-state index is -2.59. The number of aromatic nitrogens is 4. The lowest BCUT2D eigenvalue weighted by Gasteiger charge is -2.35. The average Bonchev–Trinajstić information content (AvgIpc) is 2.87. The maximum absolute atomic E-state index is 12.6. The van der Waals surface area contributed by atoms with Gasteiger partial charge in [0.1, 0.15) is 18.1 Å². The van der Waals surface area contributed by atoms with Crippen LogP contribution in [0.1, 0.15) is 30.3 Å². The van der Waals surface area contributed by atoms with Gasteiger partial charge in [-0.3, -0.25) is 14.8 Å². The van der Waals surface area contributed by atoms with Gasteiger partial charge in [0, 0.05) is 50.9 Å². The summed E-state index contributed by atoms with van der Waals surface area (Å²) >= 11 is 0. The molecule has 0 unspecified atom stereocenters. The Bertz CT molecular complexity index is 1070. The van der Waals surface area contributed by atoms with Crippen molar-refractivity contribution in [2.24, 2.45) is 0 Å². The maximum Gasteiger partial charge on any atom is 0.280 e. The first-order valence-corrected chi connectivity index (χ1v) is 10.9. The molecular weight excluding hydrogens is 444 g/mol. The van der Waals surface area contributed by atoms with E-state index in [0.717, 1.165) is 37.6 Å². The Morgan fingerprint density at radius 3 is 2.44 bits per heavy atom. The lowest BCUT2D eigenvalue weighted by molar-refractivity contribution is -0.129. The van der Waals surface area contributed by atoms with Crippen molar-refractivity contribution in [1.82, 2.24) is 25.1 Å². The predicted octanol–water partition coefficient (Wildman–Crippen LogP) is 3.06. The third-order valence-corrected chi connectivity index (χ3v) is 5.45. The number of nitrogens with zero attached hydrogens (tertiary/aromatic N) is 6. The van der Waals surface area contributed by atoms with Gasteiger partial charge in [0.05, 0.1) is 24.1 Å². The van der Waals surface area contributed by atoms with Crippen LogP contribution in [0.25, 0.3) is 0 Å². The fraction of sp³-hybridized carbons (Fsp3) is 0.348. The topological polar surface area (TPSA) is 96.4 Å². The van der Waals surface area contributed by atoms with Gasteiger partial charge in [-0.05, 0) is 24.3 Å². The maximum atomic E-state index is 12.6. The van der Waals surface area contributed by atoms with Crippen LogP contribution in [0.2, 0.25) is 0 Å². The largest absolute Gasteiger partial charge is 0.472 e. The van der Waals surface area contributed by atoms with Gasteiger partial charge in [-0.25, -0.2) is 8.78 Å². The molecule has 0 saturated carbocycles. The van der Waals surface area contributed by atoms with Crippen molar-refractivity contribution in [1.29, 1.82) is 0 Å². The SMILES string of the molecule is CC(=O)N1CCN(c2ccc(CNc3ccc(OCc4ccc(C(F)F)nc4)nn3)nc2)CC1. The number of rotatable bonds is 8. The molecule has 3 aromatic heterocycles. The second-order valence-electron chi connectivity index (χ2n) is 7.79. The normalized spacial score (nSPS) is 13.8. The summed E-state index contributed by atoms with van der Waals surface area (Å²) in [6.07, 6.45) is 0.602. The summed E-state index contributed by atoms with van der Waals surface area (Å²) in [5.74, 6) is 0.999. The van der Waals surface area contributed by atoms with Crippen LogP contribution < -0.4 is 15.0 Å². The summed E-state index contributed by atoms with van der Waals surface area (Å²) < 4.78 is 30.6. The number of anilines is 2. The van der Waals surface area contributed by atoms with Gasteiger partial charge < -0.3 is 19.9 Å². The molecule has 1 saturated heterocycles. The highest BCUT2D eigenvalue weighted by Gasteiger charge is 2.18. The van der Waals surface area contributed by atoms with Crippen LogP contribution in [0.5, 0.6) is 5.88 Å². The molecule has 0 bridgehead atoms. The smallest absolute Gasteiger partial charge is 0.280 e. The quantitative estimate of drug-likeness (QED) is 0.538. The minimum Gasteiger partial charge on any atom is -0.472 e. The Kier molecular flexibility index (Phi) is 7.41. The van der Waals surface area contributed by atoms with E-state index in [0.29, 0.717) is 23.8 Å². The molecule has 11 heteroatoms. The zero-order valence-corrected chi connectivity index (χ0v) is 18.7. The summed E-state index contributed by atoms with van der Waals surface area (Å²) in [7, 11) is 0. The Hall–Kier alpha value is -3.89.